The van der Waals surface area contributed by atoms with Crippen LogP contribution in [0.25, 0.3) is 10.2 Å². The second kappa shape index (κ2) is 9.66. The first-order valence-corrected chi connectivity index (χ1v) is 10.5. The Hall–Kier alpha value is -2.44. The first-order chi connectivity index (χ1) is 13.6. The molecule has 1 aromatic heterocycles. The van der Waals surface area contributed by atoms with Gasteiger partial charge < -0.3 is 9.64 Å². The monoisotopic (exact) mass is 397 g/mol. The fourth-order valence-electron chi connectivity index (χ4n) is 3.10. The average Bonchev–Trinajstić information content (AvgIpc) is 3.15. The lowest BCUT2D eigenvalue weighted by molar-refractivity contribution is -0.118. The summed E-state index contributed by atoms with van der Waals surface area (Å²) in [4.78, 5) is 22.1. The normalized spacial score (nSPS) is 11.1. The molecule has 3 aromatic rings. The van der Waals surface area contributed by atoms with Gasteiger partial charge in [-0.1, -0.05) is 49.4 Å². The summed E-state index contributed by atoms with van der Waals surface area (Å²) in [5.41, 5.74) is 1.91. The highest BCUT2D eigenvalue weighted by molar-refractivity contribution is 7.22. The smallest absolute Gasteiger partial charge is 0.233 e. The first-order valence-electron chi connectivity index (χ1n) is 9.65. The highest BCUT2D eigenvalue weighted by Crippen LogP contribution is 2.29. The van der Waals surface area contributed by atoms with Crippen molar-refractivity contribution < 1.29 is 9.53 Å². The molecule has 0 atom stereocenters. The van der Waals surface area contributed by atoms with Crippen molar-refractivity contribution in [3.05, 3.63) is 54.1 Å². The van der Waals surface area contributed by atoms with Crippen LogP contribution in [0.15, 0.2) is 48.5 Å². The number of thiazole rings is 1. The van der Waals surface area contributed by atoms with Crippen molar-refractivity contribution in [2.24, 2.45) is 0 Å². The summed E-state index contributed by atoms with van der Waals surface area (Å²) < 4.78 is 6.30. The minimum atomic E-state index is 0.0661. The van der Waals surface area contributed by atoms with Crippen LogP contribution in [0.3, 0.4) is 0 Å². The molecule has 28 heavy (non-hydrogen) atoms. The summed E-state index contributed by atoms with van der Waals surface area (Å²) in [5, 5.41) is 0.770. The maximum Gasteiger partial charge on any atom is 0.233 e. The zero-order valence-corrected chi connectivity index (χ0v) is 17.5. The Kier molecular flexibility index (Phi) is 7.01. The third-order valence-corrected chi connectivity index (χ3v) is 5.92. The Labute approximate surface area is 170 Å². The van der Waals surface area contributed by atoms with E-state index >= 15 is 0 Å². The SMILES string of the molecule is CCN(CC)CCN(C(=O)Cc1ccc(OC)cc1)c1nc2ccccc2s1. The predicted octanol–water partition coefficient (Wildman–Crippen LogP) is 4.22. The third kappa shape index (κ3) is 4.88. The van der Waals surface area contributed by atoms with Crippen LogP contribution in [0.5, 0.6) is 5.75 Å². The number of fused-ring (bicyclic) bond motifs is 1. The largest absolute Gasteiger partial charge is 0.497 e. The van der Waals surface area contributed by atoms with E-state index in [1.165, 1.54) is 0 Å². The molecule has 0 saturated heterocycles. The molecule has 0 aliphatic carbocycles. The van der Waals surface area contributed by atoms with Crippen LogP contribution in [0.1, 0.15) is 19.4 Å². The molecule has 0 fully saturated rings. The van der Waals surface area contributed by atoms with Gasteiger partial charge >= 0.3 is 0 Å². The van der Waals surface area contributed by atoms with Crippen LogP contribution in [-0.4, -0.2) is 49.1 Å². The molecule has 1 amide bonds. The number of methoxy groups -OCH3 is 1. The molecule has 0 bridgehead atoms. The van der Waals surface area contributed by atoms with Gasteiger partial charge in [-0.05, 0) is 42.9 Å². The Morgan fingerprint density at radius 3 is 2.39 bits per heavy atom. The fraction of sp³-hybridized carbons (Fsp3) is 0.364. The molecule has 0 radical (unpaired) electrons. The number of amides is 1. The van der Waals surface area contributed by atoms with Gasteiger partial charge in [0, 0.05) is 13.1 Å². The highest BCUT2D eigenvalue weighted by Gasteiger charge is 2.20. The molecule has 0 aliphatic rings. The molecular weight excluding hydrogens is 370 g/mol. The number of anilines is 1. The van der Waals surface area contributed by atoms with Crippen LogP contribution in [-0.2, 0) is 11.2 Å². The van der Waals surface area contributed by atoms with Crippen LogP contribution < -0.4 is 9.64 Å². The van der Waals surface area contributed by atoms with Gasteiger partial charge in [0.25, 0.3) is 0 Å². The summed E-state index contributed by atoms with van der Waals surface area (Å²) in [7, 11) is 1.64. The van der Waals surface area contributed by atoms with E-state index in [0.717, 1.165) is 46.3 Å². The Morgan fingerprint density at radius 1 is 1.04 bits per heavy atom. The van der Waals surface area contributed by atoms with E-state index < -0.39 is 0 Å². The summed E-state index contributed by atoms with van der Waals surface area (Å²) in [5.74, 6) is 0.858. The minimum Gasteiger partial charge on any atom is -0.497 e. The number of benzene rings is 2. The van der Waals surface area contributed by atoms with Crippen molar-refractivity contribution in [2.75, 3.05) is 38.2 Å². The highest BCUT2D eigenvalue weighted by atomic mass is 32.1. The fourth-order valence-corrected chi connectivity index (χ4v) is 4.11. The number of carbonyl (C=O) groups is 1. The zero-order chi connectivity index (χ0) is 19.9. The molecule has 0 N–H and O–H groups in total. The number of nitrogens with zero attached hydrogens (tertiary/aromatic N) is 3. The van der Waals surface area contributed by atoms with E-state index in [9.17, 15) is 4.79 Å². The number of aromatic nitrogens is 1. The molecule has 148 valence electrons. The molecule has 5 nitrogen and oxygen atoms in total. The standard InChI is InChI=1S/C22H27N3O2S/c1-4-24(5-2)14-15-25(22-23-19-8-6-7-9-20(19)28-22)21(26)16-17-10-12-18(27-3)13-11-17/h6-13H,4-5,14-16H2,1-3H3. The van der Waals surface area contributed by atoms with E-state index in [2.05, 4.69) is 18.7 Å². The minimum absolute atomic E-state index is 0.0661. The van der Waals surface area contributed by atoms with Gasteiger partial charge in [-0.25, -0.2) is 4.98 Å². The second-order valence-corrected chi connectivity index (χ2v) is 7.57. The summed E-state index contributed by atoms with van der Waals surface area (Å²) in [6, 6.07) is 15.7. The number of carbonyl (C=O) groups excluding carboxylic acids is 1. The van der Waals surface area contributed by atoms with Crippen molar-refractivity contribution >= 4 is 32.6 Å². The maximum absolute atomic E-state index is 13.2. The van der Waals surface area contributed by atoms with Crippen LogP contribution in [0, 0.1) is 0 Å². The Morgan fingerprint density at radius 2 is 1.75 bits per heavy atom. The van der Waals surface area contributed by atoms with E-state index in [0.29, 0.717) is 13.0 Å². The lowest BCUT2D eigenvalue weighted by atomic mass is 10.1. The molecule has 1 heterocycles. The quantitative estimate of drug-likeness (QED) is 0.542. The van der Waals surface area contributed by atoms with Gasteiger partial charge in [0.15, 0.2) is 5.13 Å². The van der Waals surface area contributed by atoms with E-state index in [1.807, 2.05) is 53.4 Å². The van der Waals surface area contributed by atoms with Gasteiger partial charge in [0.2, 0.25) is 5.91 Å². The molecular formula is C22H27N3O2S. The van der Waals surface area contributed by atoms with E-state index in [-0.39, 0.29) is 5.91 Å². The molecule has 3 rings (SSSR count). The third-order valence-electron chi connectivity index (χ3n) is 4.86. The lowest BCUT2D eigenvalue weighted by Crippen LogP contribution is -2.39. The summed E-state index contributed by atoms with van der Waals surface area (Å²) >= 11 is 1.57. The van der Waals surface area contributed by atoms with Crippen molar-refractivity contribution in [3.63, 3.8) is 0 Å². The number of ether oxygens (including phenoxy) is 1. The van der Waals surface area contributed by atoms with Gasteiger partial charge in [0.05, 0.1) is 23.7 Å². The Balaban J connectivity index is 1.82. The predicted molar refractivity (Wildman–Crippen MR) is 116 cm³/mol. The van der Waals surface area contributed by atoms with Crippen LogP contribution >= 0.6 is 11.3 Å². The van der Waals surface area contributed by atoms with Crippen molar-refractivity contribution in [3.8, 4) is 5.75 Å². The topological polar surface area (TPSA) is 45.7 Å². The molecule has 0 saturated carbocycles. The number of rotatable bonds is 9. The summed E-state index contributed by atoms with van der Waals surface area (Å²) in [6.07, 6.45) is 0.345. The molecule has 0 unspecified atom stereocenters. The first kappa shape index (κ1) is 20.3. The number of para-hydroxylation sites is 1. The molecule has 0 aliphatic heterocycles. The van der Waals surface area contributed by atoms with E-state index in [4.69, 9.17) is 9.72 Å². The Bertz CT molecular complexity index is 871. The molecule has 0 spiro atoms. The lowest BCUT2D eigenvalue weighted by Gasteiger charge is -2.24. The second-order valence-electron chi connectivity index (χ2n) is 6.56. The van der Waals surface area contributed by atoms with Crippen LogP contribution in [0.2, 0.25) is 0 Å². The van der Waals surface area contributed by atoms with Crippen LogP contribution in [0.4, 0.5) is 5.13 Å². The molecule has 2 aromatic carbocycles. The maximum atomic E-state index is 13.2. The zero-order valence-electron chi connectivity index (χ0n) is 16.7. The van der Waals surface area contributed by atoms with Gasteiger partial charge in [0.1, 0.15) is 5.75 Å². The number of likely N-dealkylation sites (N-methyl/N-ethyl adjacent to an activating group) is 1. The van der Waals surface area contributed by atoms with Gasteiger partial charge in [-0.15, -0.1) is 0 Å². The molecule has 6 heteroatoms. The number of hydrogen-bond acceptors (Lipinski definition) is 5. The number of hydrogen-bond donors (Lipinski definition) is 0. The van der Waals surface area contributed by atoms with Crippen molar-refractivity contribution in [1.29, 1.82) is 0 Å². The van der Waals surface area contributed by atoms with Crippen molar-refractivity contribution in [1.82, 2.24) is 9.88 Å². The van der Waals surface area contributed by atoms with Gasteiger partial charge in [-0.3, -0.25) is 9.69 Å². The van der Waals surface area contributed by atoms with E-state index in [1.54, 1.807) is 18.4 Å². The van der Waals surface area contributed by atoms with Gasteiger partial charge in [-0.2, -0.15) is 0 Å². The summed E-state index contributed by atoms with van der Waals surface area (Å²) in [6.45, 7) is 7.69. The average molecular weight is 398 g/mol. The van der Waals surface area contributed by atoms with Crippen molar-refractivity contribution in [2.45, 2.75) is 20.3 Å².